The van der Waals surface area contributed by atoms with Crippen molar-refractivity contribution in [2.75, 3.05) is 19.8 Å². The number of carbonyl (C=O) groups is 2. The summed E-state index contributed by atoms with van der Waals surface area (Å²) in [5, 5.41) is 2.55. The first-order valence-electron chi connectivity index (χ1n) is 5.98. The van der Waals surface area contributed by atoms with Crippen molar-refractivity contribution in [1.82, 2.24) is 5.32 Å². The SMILES string of the molecule is CC(C)OC(=O)NCCOCCC(=O)C(C)C. The molecular weight excluding hydrogens is 222 g/mol. The third-order valence-electron chi connectivity index (χ3n) is 2.00. The molecule has 0 bridgehead atoms. The van der Waals surface area contributed by atoms with Crippen LogP contribution in [0.4, 0.5) is 4.79 Å². The molecule has 0 radical (unpaired) electrons. The van der Waals surface area contributed by atoms with Crippen LogP contribution in [0.3, 0.4) is 0 Å². The first-order chi connectivity index (χ1) is 7.93. The fraction of sp³-hybridized carbons (Fsp3) is 0.833. The zero-order valence-electron chi connectivity index (χ0n) is 11.1. The maximum absolute atomic E-state index is 11.2. The molecule has 5 nitrogen and oxygen atoms in total. The average molecular weight is 245 g/mol. The molecule has 0 fully saturated rings. The summed E-state index contributed by atoms with van der Waals surface area (Å²) < 4.78 is 10.1. The number of alkyl carbamates (subject to hydrolysis) is 1. The van der Waals surface area contributed by atoms with Crippen molar-refractivity contribution in [1.29, 1.82) is 0 Å². The molecule has 0 aromatic heterocycles. The molecule has 17 heavy (non-hydrogen) atoms. The van der Waals surface area contributed by atoms with E-state index >= 15 is 0 Å². The maximum Gasteiger partial charge on any atom is 0.407 e. The van der Waals surface area contributed by atoms with Gasteiger partial charge in [-0.15, -0.1) is 0 Å². The van der Waals surface area contributed by atoms with Crippen LogP contribution in [0.5, 0.6) is 0 Å². The van der Waals surface area contributed by atoms with Crippen molar-refractivity contribution >= 4 is 11.9 Å². The highest BCUT2D eigenvalue weighted by molar-refractivity contribution is 5.80. The molecule has 0 aliphatic carbocycles. The van der Waals surface area contributed by atoms with Gasteiger partial charge in [0.1, 0.15) is 5.78 Å². The van der Waals surface area contributed by atoms with Crippen LogP contribution in [0.1, 0.15) is 34.1 Å². The number of amides is 1. The number of nitrogens with one attached hydrogen (secondary N) is 1. The number of ketones is 1. The van der Waals surface area contributed by atoms with Gasteiger partial charge in [-0.25, -0.2) is 4.79 Å². The summed E-state index contributed by atoms with van der Waals surface area (Å²) in [6, 6.07) is 0. The minimum Gasteiger partial charge on any atom is -0.447 e. The predicted octanol–water partition coefficient (Wildman–Crippen LogP) is 1.75. The van der Waals surface area contributed by atoms with Crippen molar-refractivity contribution in [2.24, 2.45) is 5.92 Å². The van der Waals surface area contributed by atoms with Gasteiger partial charge in [0.15, 0.2) is 0 Å². The highest BCUT2D eigenvalue weighted by Crippen LogP contribution is 1.98. The predicted molar refractivity (Wildman–Crippen MR) is 64.9 cm³/mol. The lowest BCUT2D eigenvalue weighted by Crippen LogP contribution is -2.30. The van der Waals surface area contributed by atoms with E-state index in [-0.39, 0.29) is 17.8 Å². The lowest BCUT2D eigenvalue weighted by molar-refractivity contribution is -0.122. The van der Waals surface area contributed by atoms with E-state index in [2.05, 4.69) is 5.32 Å². The number of rotatable bonds is 8. The van der Waals surface area contributed by atoms with Crippen LogP contribution in [-0.2, 0) is 14.3 Å². The van der Waals surface area contributed by atoms with E-state index in [1.165, 1.54) is 0 Å². The molecule has 100 valence electrons. The molecule has 1 N–H and O–H groups in total. The fourth-order valence-electron chi connectivity index (χ4n) is 1.04. The molecule has 0 heterocycles. The largest absolute Gasteiger partial charge is 0.447 e. The van der Waals surface area contributed by atoms with Gasteiger partial charge in [-0.3, -0.25) is 4.79 Å². The van der Waals surface area contributed by atoms with Gasteiger partial charge in [0.25, 0.3) is 0 Å². The summed E-state index contributed by atoms with van der Waals surface area (Å²) in [6.07, 6.45) is -0.143. The quantitative estimate of drug-likeness (QED) is 0.662. The normalized spacial score (nSPS) is 10.7. The molecule has 0 aromatic carbocycles. The number of ether oxygens (including phenoxy) is 2. The summed E-state index contributed by atoms with van der Waals surface area (Å²) in [6.45, 7) is 8.48. The number of hydrogen-bond donors (Lipinski definition) is 1. The molecule has 0 spiro atoms. The second-order valence-electron chi connectivity index (χ2n) is 4.36. The van der Waals surface area contributed by atoms with Crippen molar-refractivity contribution < 1.29 is 19.1 Å². The van der Waals surface area contributed by atoms with Crippen molar-refractivity contribution in [3.63, 3.8) is 0 Å². The first kappa shape index (κ1) is 15.9. The van der Waals surface area contributed by atoms with Crippen LogP contribution >= 0.6 is 0 Å². The molecule has 5 heteroatoms. The van der Waals surface area contributed by atoms with Gasteiger partial charge in [0.05, 0.1) is 19.3 Å². The maximum atomic E-state index is 11.2. The zero-order chi connectivity index (χ0) is 13.3. The standard InChI is InChI=1S/C12H23NO4/c1-9(2)11(14)5-7-16-8-6-13-12(15)17-10(3)4/h9-10H,5-8H2,1-4H3,(H,13,15). The molecule has 0 rings (SSSR count). The third kappa shape index (κ3) is 9.81. The Balaban J connectivity index is 3.35. The highest BCUT2D eigenvalue weighted by Gasteiger charge is 2.06. The van der Waals surface area contributed by atoms with Crippen LogP contribution in [-0.4, -0.2) is 37.7 Å². The monoisotopic (exact) mass is 245 g/mol. The second-order valence-corrected chi connectivity index (χ2v) is 4.36. The Morgan fingerprint density at radius 3 is 2.29 bits per heavy atom. The summed E-state index contributed by atoms with van der Waals surface area (Å²) >= 11 is 0. The summed E-state index contributed by atoms with van der Waals surface area (Å²) in [5.74, 6) is 0.245. The lowest BCUT2D eigenvalue weighted by atomic mass is 10.1. The molecule has 0 saturated carbocycles. The Kier molecular flexibility index (Phi) is 8.40. The summed E-state index contributed by atoms with van der Waals surface area (Å²) in [7, 11) is 0. The van der Waals surface area contributed by atoms with Gasteiger partial charge in [-0.2, -0.15) is 0 Å². The van der Waals surface area contributed by atoms with Gasteiger partial charge >= 0.3 is 6.09 Å². The molecule has 0 atom stereocenters. The molecule has 0 aromatic rings. The van der Waals surface area contributed by atoms with E-state index in [4.69, 9.17) is 9.47 Å². The Morgan fingerprint density at radius 1 is 1.12 bits per heavy atom. The Morgan fingerprint density at radius 2 is 1.76 bits per heavy atom. The van der Waals surface area contributed by atoms with Crippen LogP contribution in [0, 0.1) is 5.92 Å². The summed E-state index contributed by atoms with van der Waals surface area (Å²) in [4.78, 5) is 22.3. The van der Waals surface area contributed by atoms with Crippen LogP contribution in [0.15, 0.2) is 0 Å². The van der Waals surface area contributed by atoms with E-state index in [0.29, 0.717) is 26.2 Å². The number of carbonyl (C=O) groups excluding carboxylic acids is 2. The average Bonchev–Trinajstić information content (AvgIpc) is 2.21. The van der Waals surface area contributed by atoms with E-state index in [1.807, 2.05) is 13.8 Å². The van der Waals surface area contributed by atoms with Crippen molar-refractivity contribution in [2.45, 2.75) is 40.2 Å². The Bertz CT molecular complexity index is 239. The summed E-state index contributed by atoms with van der Waals surface area (Å²) in [5.41, 5.74) is 0. The first-order valence-corrected chi connectivity index (χ1v) is 5.98. The highest BCUT2D eigenvalue weighted by atomic mass is 16.6. The zero-order valence-corrected chi connectivity index (χ0v) is 11.1. The molecule has 0 aliphatic rings. The van der Waals surface area contributed by atoms with E-state index in [0.717, 1.165) is 0 Å². The van der Waals surface area contributed by atoms with Gasteiger partial charge in [-0.05, 0) is 13.8 Å². The van der Waals surface area contributed by atoms with Crippen LogP contribution in [0.2, 0.25) is 0 Å². The fourth-order valence-corrected chi connectivity index (χ4v) is 1.04. The molecule has 0 unspecified atom stereocenters. The smallest absolute Gasteiger partial charge is 0.407 e. The van der Waals surface area contributed by atoms with E-state index < -0.39 is 6.09 Å². The van der Waals surface area contributed by atoms with Crippen molar-refractivity contribution in [3.05, 3.63) is 0 Å². The van der Waals surface area contributed by atoms with Gasteiger partial charge in [0, 0.05) is 18.9 Å². The minimum absolute atomic E-state index is 0.0535. The molecule has 0 saturated heterocycles. The second kappa shape index (κ2) is 8.98. The van der Waals surface area contributed by atoms with Gasteiger partial charge in [0.2, 0.25) is 0 Å². The Hall–Kier alpha value is -1.10. The molecule has 1 amide bonds. The number of hydrogen-bond acceptors (Lipinski definition) is 4. The van der Waals surface area contributed by atoms with Gasteiger partial charge < -0.3 is 14.8 Å². The third-order valence-corrected chi connectivity index (χ3v) is 2.00. The minimum atomic E-state index is -0.443. The van der Waals surface area contributed by atoms with E-state index in [9.17, 15) is 9.59 Å². The van der Waals surface area contributed by atoms with Crippen LogP contribution < -0.4 is 5.32 Å². The topological polar surface area (TPSA) is 64.6 Å². The number of Topliss-reactive ketones (excluding diaryl/α,β-unsaturated/α-hetero) is 1. The van der Waals surface area contributed by atoms with E-state index in [1.54, 1.807) is 13.8 Å². The Labute approximate surface area is 103 Å². The van der Waals surface area contributed by atoms with Gasteiger partial charge in [-0.1, -0.05) is 13.8 Å². The van der Waals surface area contributed by atoms with Crippen molar-refractivity contribution in [3.8, 4) is 0 Å². The van der Waals surface area contributed by atoms with Crippen LogP contribution in [0.25, 0.3) is 0 Å². The lowest BCUT2D eigenvalue weighted by Gasteiger charge is -2.09. The molecular formula is C12H23NO4. The molecule has 0 aliphatic heterocycles.